The lowest BCUT2D eigenvalue weighted by Gasteiger charge is -2.13. The van der Waals surface area contributed by atoms with Crippen LogP contribution in [-0.4, -0.2) is 31.6 Å². The van der Waals surface area contributed by atoms with Crippen LogP contribution in [0.15, 0.2) is 35.9 Å². The van der Waals surface area contributed by atoms with Crippen molar-refractivity contribution in [3.63, 3.8) is 0 Å². The van der Waals surface area contributed by atoms with Crippen molar-refractivity contribution in [2.45, 2.75) is 45.4 Å². The number of esters is 1. The zero-order chi connectivity index (χ0) is 17.9. The number of rotatable bonds is 9. The molecule has 0 fully saturated rings. The lowest BCUT2D eigenvalue weighted by molar-refractivity contribution is -0.116. The number of hydrogen-bond acceptors (Lipinski definition) is 4. The largest absolute Gasteiger partial charge is 0.462 e. The van der Waals surface area contributed by atoms with E-state index >= 15 is 0 Å². The van der Waals surface area contributed by atoms with Gasteiger partial charge >= 0.3 is 5.97 Å². The summed E-state index contributed by atoms with van der Waals surface area (Å²) < 4.78 is 4.93. The van der Waals surface area contributed by atoms with E-state index in [4.69, 9.17) is 4.74 Å². The quantitative estimate of drug-likeness (QED) is 0.407. The third-order valence-corrected chi connectivity index (χ3v) is 4.22. The fourth-order valence-corrected chi connectivity index (χ4v) is 2.84. The Hall–Kier alpha value is -2.14. The van der Waals surface area contributed by atoms with Gasteiger partial charge < -0.3 is 15.4 Å². The van der Waals surface area contributed by atoms with Gasteiger partial charge in [-0.05, 0) is 69.8 Å². The van der Waals surface area contributed by atoms with Crippen LogP contribution in [0.5, 0.6) is 0 Å². The van der Waals surface area contributed by atoms with Crippen LogP contribution in [0.25, 0.3) is 0 Å². The first-order chi connectivity index (χ1) is 12.2. The summed E-state index contributed by atoms with van der Waals surface area (Å²) in [5.74, 6) is -0.383. The van der Waals surface area contributed by atoms with E-state index in [1.165, 1.54) is 25.7 Å². The molecular weight excluding hydrogens is 316 g/mol. The zero-order valence-electron chi connectivity index (χ0n) is 15.0. The molecule has 5 heteroatoms. The first-order valence-electron chi connectivity index (χ1n) is 9.14. The highest BCUT2D eigenvalue weighted by molar-refractivity contribution is 5.93. The fourth-order valence-electron chi connectivity index (χ4n) is 2.84. The van der Waals surface area contributed by atoms with Gasteiger partial charge in [-0.15, -0.1) is 0 Å². The molecule has 1 aliphatic carbocycles. The highest BCUT2D eigenvalue weighted by Gasteiger charge is 2.07. The van der Waals surface area contributed by atoms with Crippen molar-refractivity contribution in [2.75, 3.05) is 25.0 Å². The Kier molecular flexibility index (Phi) is 8.19. The first kappa shape index (κ1) is 19.2. The van der Waals surface area contributed by atoms with Gasteiger partial charge in [-0.2, -0.15) is 0 Å². The third kappa shape index (κ3) is 7.10. The summed E-state index contributed by atoms with van der Waals surface area (Å²) in [6.45, 7) is 3.71. The van der Waals surface area contributed by atoms with Gasteiger partial charge in [-0.25, -0.2) is 4.79 Å². The lowest BCUT2D eigenvalue weighted by Crippen LogP contribution is -2.23. The van der Waals surface area contributed by atoms with E-state index in [1.54, 1.807) is 36.8 Å². The van der Waals surface area contributed by atoms with Crippen LogP contribution in [0.3, 0.4) is 0 Å². The molecule has 0 unspecified atom stereocenters. The van der Waals surface area contributed by atoms with E-state index < -0.39 is 0 Å². The first-order valence-corrected chi connectivity index (χ1v) is 9.14. The molecule has 0 bridgehead atoms. The van der Waals surface area contributed by atoms with E-state index in [2.05, 4.69) is 16.7 Å². The molecular formula is C20H28N2O3. The number of nitrogens with one attached hydrogen (secondary N) is 2. The van der Waals surface area contributed by atoms with Crippen molar-refractivity contribution in [1.82, 2.24) is 5.32 Å². The number of benzene rings is 1. The molecule has 0 saturated carbocycles. The molecule has 2 rings (SSSR count). The summed E-state index contributed by atoms with van der Waals surface area (Å²) in [4.78, 5) is 23.5. The fraction of sp³-hybridized carbons (Fsp3) is 0.500. The standard InChI is InChI=1S/C20H28N2O3/c1-2-25-20(24)17-8-10-18(11-9-17)22-19(23)13-15-21-14-12-16-6-4-3-5-7-16/h6,8-11,21H,2-5,7,12-15H2,1H3,(H,22,23). The molecule has 25 heavy (non-hydrogen) atoms. The van der Waals surface area contributed by atoms with Gasteiger partial charge in [0.25, 0.3) is 0 Å². The molecule has 0 atom stereocenters. The molecule has 1 aromatic rings. The van der Waals surface area contributed by atoms with Crippen LogP contribution in [0.1, 0.15) is 55.8 Å². The zero-order valence-corrected chi connectivity index (χ0v) is 15.0. The highest BCUT2D eigenvalue weighted by atomic mass is 16.5. The molecule has 1 aliphatic rings. The number of carbonyl (C=O) groups excluding carboxylic acids is 2. The second-order valence-corrected chi connectivity index (χ2v) is 6.20. The molecule has 0 radical (unpaired) electrons. The van der Waals surface area contributed by atoms with Crippen LogP contribution >= 0.6 is 0 Å². The highest BCUT2D eigenvalue weighted by Crippen LogP contribution is 2.19. The Morgan fingerprint density at radius 2 is 1.92 bits per heavy atom. The Morgan fingerprint density at radius 1 is 1.12 bits per heavy atom. The van der Waals surface area contributed by atoms with Gasteiger partial charge in [0.05, 0.1) is 12.2 Å². The number of carbonyl (C=O) groups is 2. The molecule has 2 N–H and O–H groups in total. The van der Waals surface area contributed by atoms with Gasteiger partial charge in [0.2, 0.25) is 5.91 Å². The summed E-state index contributed by atoms with van der Waals surface area (Å²) in [6.07, 6.45) is 8.94. The maximum atomic E-state index is 11.9. The van der Waals surface area contributed by atoms with Crippen molar-refractivity contribution in [3.8, 4) is 0 Å². The normalized spacial score (nSPS) is 13.9. The summed E-state index contributed by atoms with van der Waals surface area (Å²) in [7, 11) is 0. The van der Waals surface area contributed by atoms with E-state index in [0.717, 1.165) is 13.0 Å². The SMILES string of the molecule is CCOC(=O)c1ccc(NC(=O)CCNCCC2=CCCCC2)cc1. The maximum absolute atomic E-state index is 11.9. The predicted molar refractivity (Wildman–Crippen MR) is 99.7 cm³/mol. The second kappa shape index (κ2) is 10.7. The van der Waals surface area contributed by atoms with E-state index in [0.29, 0.717) is 30.8 Å². The van der Waals surface area contributed by atoms with Gasteiger partial charge in [-0.3, -0.25) is 4.79 Å². The van der Waals surface area contributed by atoms with Gasteiger partial charge in [-0.1, -0.05) is 11.6 Å². The molecule has 0 aromatic heterocycles. The summed E-state index contributed by atoms with van der Waals surface area (Å²) in [6, 6.07) is 6.74. The van der Waals surface area contributed by atoms with Gasteiger partial charge in [0.1, 0.15) is 0 Å². The maximum Gasteiger partial charge on any atom is 0.338 e. The molecule has 0 aliphatic heterocycles. The van der Waals surface area contributed by atoms with Crippen molar-refractivity contribution in [1.29, 1.82) is 0 Å². The molecule has 5 nitrogen and oxygen atoms in total. The van der Waals surface area contributed by atoms with Crippen LogP contribution in [0.4, 0.5) is 5.69 Å². The topological polar surface area (TPSA) is 67.4 Å². The Labute approximate surface area is 149 Å². The predicted octanol–water partition coefficient (Wildman–Crippen LogP) is 3.67. The van der Waals surface area contributed by atoms with Crippen LogP contribution in [0, 0.1) is 0 Å². The van der Waals surface area contributed by atoms with Gasteiger partial charge in [0.15, 0.2) is 0 Å². The van der Waals surface area contributed by atoms with E-state index in [1.807, 2.05) is 0 Å². The second-order valence-electron chi connectivity index (χ2n) is 6.20. The molecule has 0 spiro atoms. The summed E-state index contributed by atoms with van der Waals surface area (Å²) >= 11 is 0. The number of hydrogen-bond donors (Lipinski definition) is 2. The number of allylic oxidation sites excluding steroid dienone is 1. The molecule has 136 valence electrons. The Morgan fingerprint density at radius 3 is 2.60 bits per heavy atom. The van der Waals surface area contributed by atoms with Crippen molar-refractivity contribution < 1.29 is 14.3 Å². The van der Waals surface area contributed by atoms with Gasteiger partial charge in [0, 0.05) is 18.7 Å². The third-order valence-electron chi connectivity index (χ3n) is 4.22. The Balaban J connectivity index is 1.63. The molecule has 0 saturated heterocycles. The number of ether oxygens (including phenoxy) is 1. The van der Waals surface area contributed by atoms with Crippen LogP contribution in [-0.2, 0) is 9.53 Å². The summed E-state index contributed by atoms with van der Waals surface area (Å²) in [5, 5.41) is 6.16. The van der Waals surface area contributed by atoms with Crippen molar-refractivity contribution in [2.24, 2.45) is 0 Å². The average Bonchev–Trinajstić information content (AvgIpc) is 2.63. The molecule has 1 amide bonds. The minimum atomic E-state index is -0.349. The summed E-state index contributed by atoms with van der Waals surface area (Å²) in [5.41, 5.74) is 2.72. The Bertz CT molecular complexity index is 593. The monoisotopic (exact) mass is 344 g/mol. The van der Waals surface area contributed by atoms with E-state index in [-0.39, 0.29) is 11.9 Å². The van der Waals surface area contributed by atoms with Crippen LogP contribution < -0.4 is 10.6 Å². The lowest BCUT2D eigenvalue weighted by atomic mass is 9.97. The smallest absolute Gasteiger partial charge is 0.338 e. The number of amides is 1. The van der Waals surface area contributed by atoms with Crippen molar-refractivity contribution >= 4 is 17.6 Å². The minimum Gasteiger partial charge on any atom is -0.462 e. The minimum absolute atomic E-state index is 0.0340. The van der Waals surface area contributed by atoms with E-state index in [9.17, 15) is 9.59 Å². The van der Waals surface area contributed by atoms with Crippen LogP contribution in [0.2, 0.25) is 0 Å². The average molecular weight is 344 g/mol. The molecule has 0 heterocycles. The molecule has 1 aromatic carbocycles. The number of anilines is 1. The van der Waals surface area contributed by atoms with Crippen molar-refractivity contribution in [3.05, 3.63) is 41.5 Å².